The number of nitrogens with one attached hydrogen (secondary N) is 1. The molecule has 1 fully saturated rings. The molecule has 0 radical (unpaired) electrons. The topological polar surface area (TPSA) is 73.9 Å². The van der Waals surface area contributed by atoms with Crippen LogP contribution >= 0.6 is 0 Å². The van der Waals surface area contributed by atoms with Gasteiger partial charge in [0.2, 0.25) is 0 Å². The summed E-state index contributed by atoms with van der Waals surface area (Å²) in [6, 6.07) is 0. The number of ketones is 1. The summed E-state index contributed by atoms with van der Waals surface area (Å²) < 4.78 is 17.5. The summed E-state index contributed by atoms with van der Waals surface area (Å²) in [4.78, 5) is 24.9. The van der Waals surface area contributed by atoms with Crippen LogP contribution in [0, 0.1) is 0 Å². The number of Topliss-reactive ketones (excluding diaryl/α,β-unsaturated/α-hetero) is 1. The van der Waals surface area contributed by atoms with E-state index in [0.717, 1.165) is 19.2 Å². The highest BCUT2D eigenvalue weighted by molar-refractivity contribution is 6.45. The molecule has 7 heteroatoms. The molecule has 0 aromatic rings. The lowest BCUT2D eigenvalue weighted by Gasteiger charge is -2.33. The second kappa shape index (κ2) is 9.65. The number of carbonyl (C=O) groups is 2. The van der Waals surface area contributed by atoms with Crippen LogP contribution in [-0.2, 0) is 18.8 Å². The van der Waals surface area contributed by atoms with E-state index < -0.39 is 17.2 Å². The molecule has 1 rings (SSSR count). The molecule has 29 heavy (non-hydrogen) atoms. The van der Waals surface area contributed by atoms with Crippen LogP contribution in [0.25, 0.3) is 0 Å². The smallest absolute Gasteiger partial charge is 0.444 e. The maximum atomic E-state index is 12.5. The first-order valence-electron chi connectivity index (χ1n) is 10.6. The van der Waals surface area contributed by atoms with Gasteiger partial charge in [-0.15, -0.1) is 6.58 Å². The van der Waals surface area contributed by atoms with E-state index in [1.54, 1.807) is 26.8 Å². The van der Waals surface area contributed by atoms with E-state index in [1.165, 1.54) is 6.92 Å². The normalized spacial score (nSPS) is 20.1. The largest absolute Gasteiger partial charge is 0.457 e. The molecule has 0 bridgehead atoms. The zero-order valence-electron chi connectivity index (χ0n) is 19.6. The molecule has 1 amide bonds. The van der Waals surface area contributed by atoms with Crippen molar-refractivity contribution >= 4 is 19.0 Å². The van der Waals surface area contributed by atoms with Crippen LogP contribution in [-0.4, -0.2) is 41.3 Å². The Morgan fingerprint density at radius 2 is 1.62 bits per heavy atom. The van der Waals surface area contributed by atoms with Gasteiger partial charge < -0.3 is 19.4 Å². The number of ether oxygens (including phenoxy) is 1. The Morgan fingerprint density at radius 3 is 2.07 bits per heavy atom. The molecule has 0 spiro atoms. The molecule has 1 atom stereocenters. The Kier molecular flexibility index (Phi) is 8.55. The highest BCUT2D eigenvalue weighted by Gasteiger charge is 2.50. The summed E-state index contributed by atoms with van der Waals surface area (Å²) in [7, 11) is -0.251. The van der Waals surface area contributed by atoms with Gasteiger partial charge in [-0.05, 0) is 81.0 Å². The summed E-state index contributed by atoms with van der Waals surface area (Å²) in [5.41, 5.74) is -2.26. The third-order valence-corrected chi connectivity index (χ3v) is 5.78. The van der Waals surface area contributed by atoms with E-state index >= 15 is 0 Å². The van der Waals surface area contributed by atoms with Gasteiger partial charge >= 0.3 is 13.2 Å². The standard InChI is InChI=1S/C22H40BNO5/c1-10-11-14-22(17(2)25,24-18(26)27-19(3,4)5)15-12-13-16-23-28-20(6,7)21(8,9)29-23/h10H,1,11-16H2,2-9H3,(H,24,26). The first kappa shape index (κ1) is 25.7. The second-order valence-electron chi connectivity index (χ2n) is 10.0. The number of rotatable bonds is 10. The summed E-state index contributed by atoms with van der Waals surface area (Å²) in [5.74, 6) is -0.0687. The molecule has 1 N–H and O–H groups in total. The number of alkyl carbamates (subject to hydrolysis) is 1. The number of amides is 1. The van der Waals surface area contributed by atoms with Gasteiger partial charge in [0.15, 0.2) is 5.78 Å². The fourth-order valence-electron chi connectivity index (χ4n) is 3.36. The number of allylic oxidation sites excluding steroid dienone is 1. The summed E-state index contributed by atoms with van der Waals surface area (Å²) in [5, 5.41) is 2.85. The van der Waals surface area contributed by atoms with Gasteiger partial charge in [0.1, 0.15) is 11.1 Å². The predicted molar refractivity (Wildman–Crippen MR) is 117 cm³/mol. The van der Waals surface area contributed by atoms with Crippen LogP contribution in [0.5, 0.6) is 0 Å². The van der Waals surface area contributed by atoms with Gasteiger partial charge in [-0.1, -0.05) is 18.9 Å². The van der Waals surface area contributed by atoms with Crippen molar-refractivity contribution < 1.29 is 23.6 Å². The Morgan fingerprint density at radius 1 is 1.07 bits per heavy atom. The van der Waals surface area contributed by atoms with Crippen molar-refractivity contribution in [3.8, 4) is 0 Å². The average Bonchev–Trinajstić information content (AvgIpc) is 2.74. The van der Waals surface area contributed by atoms with Crippen molar-refractivity contribution in [2.45, 2.75) is 116 Å². The minimum atomic E-state index is -0.952. The zero-order valence-corrected chi connectivity index (χ0v) is 19.6. The fourth-order valence-corrected chi connectivity index (χ4v) is 3.36. The van der Waals surface area contributed by atoms with Gasteiger partial charge in [0, 0.05) is 0 Å². The van der Waals surface area contributed by atoms with Crippen LogP contribution in [0.2, 0.25) is 6.32 Å². The summed E-state index contributed by atoms with van der Waals surface area (Å²) in [6.45, 7) is 18.8. The van der Waals surface area contributed by atoms with E-state index in [1.807, 2.05) is 27.7 Å². The molecule has 0 saturated carbocycles. The van der Waals surface area contributed by atoms with E-state index in [-0.39, 0.29) is 24.1 Å². The Hall–Kier alpha value is -1.34. The van der Waals surface area contributed by atoms with E-state index in [9.17, 15) is 9.59 Å². The monoisotopic (exact) mass is 409 g/mol. The molecule has 166 valence electrons. The first-order chi connectivity index (χ1) is 13.1. The maximum Gasteiger partial charge on any atom is 0.457 e. The lowest BCUT2D eigenvalue weighted by atomic mass is 9.79. The highest BCUT2D eigenvalue weighted by atomic mass is 16.7. The third kappa shape index (κ3) is 7.45. The summed E-state index contributed by atoms with van der Waals surface area (Å²) in [6.07, 6.45) is 5.20. The molecule has 1 aliphatic rings. The van der Waals surface area contributed by atoms with Crippen molar-refractivity contribution in [1.82, 2.24) is 5.32 Å². The van der Waals surface area contributed by atoms with Crippen LogP contribution in [0.1, 0.15) is 87.5 Å². The fraction of sp³-hybridized carbons (Fsp3) is 0.818. The second-order valence-corrected chi connectivity index (χ2v) is 10.0. The lowest BCUT2D eigenvalue weighted by Crippen LogP contribution is -2.54. The van der Waals surface area contributed by atoms with Crippen LogP contribution in [0.15, 0.2) is 12.7 Å². The average molecular weight is 409 g/mol. The van der Waals surface area contributed by atoms with Crippen LogP contribution < -0.4 is 5.32 Å². The van der Waals surface area contributed by atoms with Crippen molar-refractivity contribution in [2.24, 2.45) is 0 Å². The Labute approximate surface area is 177 Å². The van der Waals surface area contributed by atoms with E-state index in [0.29, 0.717) is 19.3 Å². The molecule has 1 aliphatic heterocycles. The van der Waals surface area contributed by atoms with Gasteiger partial charge in [0.05, 0.1) is 11.2 Å². The van der Waals surface area contributed by atoms with Crippen LogP contribution in [0.4, 0.5) is 4.79 Å². The molecule has 0 aromatic heterocycles. The molecule has 1 unspecified atom stereocenters. The molecule has 6 nitrogen and oxygen atoms in total. The quantitative estimate of drug-likeness (QED) is 0.310. The Balaban J connectivity index is 2.71. The van der Waals surface area contributed by atoms with E-state index in [4.69, 9.17) is 14.0 Å². The molecule has 1 heterocycles. The molecule has 0 aromatic carbocycles. The van der Waals surface area contributed by atoms with Crippen LogP contribution in [0.3, 0.4) is 0 Å². The molecule has 1 saturated heterocycles. The molecule has 0 aliphatic carbocycles. The summed E-state index contributed by atoms with van der Waals surface area (Å²) >= 11 is 0. The number of hydrogen-bond acceptors (Lipinski definition) is 5. The van der Waals surface area contributed by atoms with Crippen molar-refractivity contribution in [3.05, 3.63) is 12.7 Å². The number of unbranched alkanes of at least 4 members (excludes halogenated alkanes) is 1. The van der Waals surface area contributed by atoms with Crippen molar-refractivity contribution in [1.29, 1.82) is 0 Å². The SMILES string of the molecule is C=CCCC(CCCCB1OC(C)(C)C(C)(C)O1)(NC(=O)OC(C)(C)C)C(C)=O. The van der Waals surface area contributed by atoms with Crippen molar-refractivity contribution in [3.63, 3.8) is 0 Å². The first-order valence-corrected chi connectivity index (χ1v) is 10.6. The molecular formula is C22H40BNO5. The number of carbonyl (C=O) groups excluding carboxylic acids is 2. The zero-order chi connectivity index (χ0) is 22.5. The maximum absolute atomic E-state index is 12.5. The molecular weight excluding hydrogens is 369 g/mol. The third-order valence-electron chi connectivity index (χ3n) is 5.78. The minimum Gasteiger partial charge on any atom is -0.444 e. The van der Waals surface area contributed by atoms with Gasteiger partial charge in [-0.25, -0.2) is 4.79 Å². The van der Waals surface area contributed by atoms with Gasteiger partial charge in [0.25, 0.3) is 0 Å². The van der Waals surface area contributed by atoms with E-state index in [2.05, 4.69) is 11.9 Å². The minimum absolute atomic E-state index is 0.0687. The predicted octanol–water partition coefficient (Wildman–Crippen LogP) is 5.07. The van der Waals surface area contributed by atoms with Gasteiger partial charge in [-0.3, -0.25) is 4.79 Å². The highest BCUT2D eigenvalue weighted by Crippen LogP contribution is 2.38. The number of hydrogen-bond donors (Lipinski definition) is 1. The Bertz CT molecular complexity index is 581. The lowest BCUT2D eigenvalue weighted by molar-refractivity contribution is -0.124. The van der Waals surface area contributed by atoms with Crippen molar-refractivity contribution in [2.75, 3.05) is 0 Å². The van der Waals surface area contributed by atoms with Gasteiger partial charge in [-0.2, -0.15) is 0 Å².